The molecular weight excluding hydrogens is 252 g/mol. The van der Waals surface area contributed by atoms with Crippen molar-refractivity contribution in [3.05, 3.63) is 35.9 Å². The minimum atomic E-state index is -0.517. The Morgan fingerprint density at radius 2 is 1.85 bits per heavy atom. The maximum absolute atomic E-state index is 12.6. The molecular formula is C16H24N2O2. The van der Waals surface area contributed by atoms with Gasteiger partial charge >= 0.3 is 0 Å². The van der Waals surface area contributed by atoms with E-state index in [-0.39, 0.29) is 11.9 Å². The fourth-order valence-corrected chi connectivity index (χ4v) is 2.86. The summed E-state index contributed by atoms with van der Waals surface area (Å²) < 4.78 is 5.42. The predicted octanol–water partition coefficient (Wildman–Crippen LogP) is 2.10. The number of carbonyl (C=O) groups is 1. The Morgan fingerprint density at radius 1 is 1.25 bits per heavy atom. The number of nitrogens with zero attached hydrogens (tertiary/aromatic N) is 1. The number of benzene rings is 1. The summed E-state index contributed by atoms with van der Waals surface area (Å²) in [5, 5.41) is 0. The number of likely N-dealkylation sites (N-methyl/N-ethyl adjacent to an activating group) is 1. The van der Waals surface area contributed by atoms with Gasteiger partial charge in [0, 0.05) is 26.2 Å². The Labute approximate surface area is 120 Å². The van der Waals surface area contributed by atoms with Crippen LogP contribution in [0.5, 0.6) is 0 Å². The molecule has 0 radical (unpaired) electrons. The third kappa shape index (κ3) is 3.38. The van der Waals surface area contributed by atoms with Gasteiger partial charge in [0.15, 0.2) is 6.10 Å². The van der Waals surface area contributed by atoms with Gasteiger partial charge in [-0.3, -0.25) is 4.79 Å². The van der Waals surface area contributed by atoms with Gasteiger partial charge in [0.1, 0.15) is 0 Å². The smallest absolute Gasteiger partial charge is 0.256 e. The largest absolute Gasteiger partial charge is 0.367 e. The van der Waals surface area contributed by atoms with Gasteiger partial charge in [-0.15, -0.1) is 0 Å². The highest BCUT2D eigenvalue weighted by Gasteiger charge is 2.30. The number of nitrogens with two attached hydrogens (primary N) is 1. The van der Waals surface area contributed by atoms with E-state index >= 15 is 0 Å². The number of rotatable bonds is 4. The number of ether oxygens (including phenoxy) is 1. The van der Waals surface area contributed by atoms with Crippen LogP contribution in [0.4, 0.5) is 0 Å². The van der Waals surface area contributed by atoms with Crippen LogP contribution >= 0.6 is 0 Å². The molecule has 1 atom stereocenters. The number of hydrogen-bond acceptors (Lipinski definition) is 3. The Hall–Kier alpha value is -1.39. The zero-order chi connectivity index (χ0) is 14.5. The van der Waals surface area contributed by atoms with Gasteiger partial charge in [0.25, 0.3) is 5.91 Å². The molecule has 0 heterocycles. The second-order valence-corrected chi connectivity index (χ2v) is 5.54. The van der Waals surface area contributed by atoms with Crippen molar-refractivity contribution in [2.75, 3.05) is 14.2 Å². The predicted molar refractivity (Wildman–Crippen MR) is 79.2 cm³/mol. The van der Waals surface area contributed by atoms with E-state index in [4.69, 9.17) is 10.5 Å². The monoisotopic (exact) mass is 276 g/mol. The average Bonchev–Trinajstić information content (AvgIpc) is 2.49. The minimum absolute atomic E-state index is 0.0270. The van der Waals surface area contributed by atoms with Crippen molar-refractivity contribution in [1.29, 1.82) is 0 Å². The van der Waals surface area contributed by atoms with E-state index in [1.54, 1.807) is 7.11 Å². The van der Waals surface area contributed by atoms with Crippen LogP contribution in [-0.4, -0.2) is 37.0 Å². The van der Waals surface area contributed by atoms with E-state index in [1.807, 2.05) is 42.3 Å². The van der Waals surface area contributed by atoms with E-state index < -0.39 is 6.10 Å². The van der Waals surface area contributed by atoms with Gasteiger partial charge in [0.2, 0.25) is 0 Å². The summed E-state index contributed by atoms with van der Waals surface area (Å²) in [6.07, 6.45) is 3.43. The highest BCUT2D eigenvalue weighted by atomic mass is 16.5. The number of methoxy groups -OCH3 is 1. The molecule has 4 nitrogen and oxygen atoms in total. The van der Waals surface area contributed by atoms with Gasteiger partial charge in [-0.2, -0.15) is 0 Å². The summed E-state index contributed by atoms with van der Waals surface area (Å²) in [6.45, 7) is 0. The molecule has 1 amide bonds. The second kappa shape index (κ2) is 6.86. The molecule has 0 aromatic heterocycles. The lowest BCUT2D eigenvalue weighted by Crippen LogP contribution is -2.44. The van der Waals surface area contributed by atoms with Crippen LogP contribution in [0.15, 0.2) is 30.3 Å². The molecule has 4 heteroatoms. The highest BCUT2D eigenvalue weighted by Crippen LogP contribution is 2.25. The molecule has 1 aromatic carbocycles. The van der Waals surface area contributed by atoms with Crippen LogP contribution in [0.1, 0.15) is 37.4 Å². The summed E-state index contributed by atoms with van der Waals surface area (Å²) in [5.74, 6) is 0.0270. The van der Waals surface area contributed by atoms with Crippen LogP contribution in [0, 0.1) is 0 Å². The van der Waals surface area contributed by atoms with Gasteiger partial charge in [0.05, 0.1) is 0 Å². The zero-order valence-corrected chi connectivity index (χ0v) is 12.3. The normalized spacial score (nSPS) is 24.1. The van der Waals surface area contributed by atoms with Crippen molar-refractivity contribution in [1.82, 2.24) is 4.90 Å². The number of hydrogen-bond donors (Lipinski definition) is 1. The Bertz CT molecular complexity index is 427. The molecule has 0 saturated heterocycles. The van der Waals surface area contributed by atoms with E-state index in [2.05, 4.69) is 0 Å². The van der Waals surface area contributed by atoms with Crippen molar-refractivity contribution in [3.8, 4) is 0 Å². The molecule has 1 unspecified atom stereocenters. The SMILES string of the molecule is COC(C(=O)N(C)C1CCC(N)CC1)c1ccccc1. The third-order valence-electron chi connectivity index (χ3n) is 4.20. The van der Waals surface area contributed by atoms with E-state index in [1.165, 1.54) is 0 Å². The van der Waals surface area contributed by atoms with Crippen LogP contribution < -0.4 is 5.73 Å². The molecule has 1 aliphatic rings. The molecule has 1 aromatic rings. The van der Waals surface area contributed by atoms with E-state index in [9.17, 15) is 4.79 Å². The molecule has 0 spiro atoms. The Kier molecular flexibility index (Phi) is 5.15. The van der Waals surface area contributed by atoms with E-state index in [0.717, 1.165) is 31.2 Å². The fourth-order valence-electron chi connectivity index (χ4n) is 2.86. The highest BCUT2D eigenvalue weighted by molar-refractivity contribution is 5.82. The molecule has 2 rings (SSSR count). The number of carbonyl (C=O) groups excluding carboxylic acids is 1. The van der Waals surface area contributed by atoms with Crippen molar-refractivity contribution < 1.29 is 9.53 Å². The lowest BCUT2D eigenvalue weighted by atomic mass is 9.90. The maximum Gasteiger partial charge on any atom is 0.256 e. The molecule has 20 heavy (non-hydrogen) atoms. The summed E-state index contributed by atoms with van der Waals surface area (Å²) in [6, 6.07) is 10.2. The first-order chi connectivity index (χ1) is 9.63. The first-order valence-corrected chi connectivity index (χ1v) is 7.23. The summed E-state index contributed by atoms with van der Waals surface area (Å²) in [5.41, 5.74) is 6.82. The summed E-state index contributed by atoms with van der Waals surface area (Å²) in [7, 11) is 3.46. The van der Waals surface area contributed by atoms with Gasteiger partial charge in [-0.25, -0.2) is 0 Å². The fraction of sp³-hybridized carbons (Fsp3) is 0.562. The lowest BCUT2D eigenvalue weighted by molar-refractivity contribution is -0.143. The van der Waals surface area contributed by atoms with Crippen molar-refractivity contribution in [3.63, 3.8) is 0 Å². The van der Waals surface area contributed by atoms with Crippen molar-refractivity contribution in [2.45, 2.75) is 43.9 Å². The van der Waals surface area contributed by atoms with Gasteiger partial charge < -0.3 is 15.4 Å². The maximum atomic E-state index is 12.6. The first kappa shape index (κ1) is 15.0. The third-order valence-corrected chi connectivity index (χ3v) is 4.20. The lowest BCUT2D eigenvalue weighted by Gasteiger charge is -2.35. The first-order valence-electron chi connectivity index (χ1n) is 7.23. The van der Waals surface area contributed by atoms with Gasteiger partial charge in [-0.1, -0.05) is 30.3 Å². The van der Waals surface area contributed by atoms with Gasteiger partial charge in [-0.05, 0) is 31.2 Å². The quantitative estimate of drug-likeness (QED) is 0.916. The topological polar surface area (TPSA) is 55.6 Å². The van der Waals surface area contributed by atoms with Crippen LogP contribution in [0.25, 0.3) is 0 Å². The second-order valence-electron chi connectivity index (χ2n) is 5.54. The molecule has 2 N–H and O–H groups in total. The molecule has 0 bridgehead atoms. The number of amides is 1. The molecule has 110 valence electrons. The molecule has 1 aliphatic carbocycles. The van der Waals surface area contributed by atoms with Crippen molar-refractivity contribution >= 4 is 5.91 Å². The molecule has 1 saturated carbocycles. The zero-order valence-electron chi connectivity index (χ0n) is 12.3. The van der Waals surface area contributed by atoms with E-state index in [0.29, 0.717) is 6.04 Å². The minimum Gasteiger partial charge on any atom is -0.367 e. The molecule has 0 aliphatic heterocycles. The standard InChI is InChI=1S/C16H24N2O2/c1-18(14-10-8-13(17)9-11-14)16(19)15(20-2)12-6-4-3-5-7-12/h3-7,13-15H,8-11,17H2,1-2H3. The molecule has 1 fully saturated rings. The van der Waals surface area contributed by atoms with Crippen LogP contribution in [0.3, 0.4) is 0 Å². The summed E-state index contributed by atoms with van der Waals surface area (Å²) in [4.78, 5) is 14.5. The van der Waals surface area contributed by atoms with Crippen LogP contribution in [0.2, 0.25) is 0 Å². The Balaban J connectivity index is 2.05. The Morgan fingerprint density at radius 3 is 2.40 bits per heavy atom. The summed E-state index contributed by atoms with van der Waals surface area (Å²) >= 11 is 0. The van der Waals surface area contributed by atoms with Crippen LogP contribution in [-0.2, 0) is 9.53 Å². The van der Waals surface area contributed by atoms with Crippen molar-refractivity contribution in [2.24, 2.45) is 5.73 Å². The average molecular weight is 276 g/mol.